The van der Waals surface area contributed by atoms with Gasteiger partial charge in [0.25, 0.3) is 0 Å². The van der Waals surface area contributed by atoms with Crippen molar-refractivity contribution in [1.82, 2.24) is 4.57 Å². The van der Waals surface area contributed by atoms with E-state index in [1.165, 1.54) is 18.9 Å². The van der Waals surface area contributed by atoms with Crippen molar-refractivity contribution in [1.29, 1.82) is 0 Å². The number of thioether (sulfide) groups is 1. The lowest BCUT2D eigenvalue weighted by molar-refractivity contribution is -0.138. The molecular formula is C14H11NO3S. The van der Waals surface area contributed by atoms with Gasteiger partial charge in [-0.05, 0) is 24.3 Å². The first kappa shape index (κ1) is 12.0. The summed E-state index contributed by atoms with van der Waals surface area (Å²) in [7, 11) is 1.30. The van der Waals surface area contributed by atoms with Crippen LogP contribution in [-0.2, 0) is 9.53 Å². The highest BCUT2D eigenvalue weighted by molar-refractivity contribution is 8.01. The van der Waals surface area contributed by atoms with Crippen molar-refractivity contribution in [3.8, 4) is 5.69 Å². The molecule has 1 aromatic heterocycles. The quantitative estimate of drug-likeness (QED) is 0.591. The van der Waals surface area contributed by atoms with Gasteiger partial charge >= 0.3 is 5.97 Å². The molecule has 1 atom stereocenters. The summed E-state index contributed by atoms with van der Waals surface area (Å²) in [6.45, 7) is 0. The van der Waals surface area contributed by atoms with E-state index in [1.54, 1.807) is 12.1 Å². The normalized spacial score (nSPS) is 17.3. The third kappa shape index (κ3) is 1.86. The summed E-state index contributed by atoms with van der Waals surface area (Å²) in [6.07, 6.45) is 1.88. The lowest BCUT2D eigenvalue weighted by Gasteiger charge is -2.09. The first-order valence-corrected chi connectivity index (χ1v) is 6.66. The zero-order valence-electron chi connectivity index (χ0n) is 10.2. The molecule has 5 heteroatoms. The standard InChI is InChI=1S/C14H11NO3S/c1-18-14(17)13-12(16)9-5-2-3-6-10(9)15-8-4-7-11(15)19-13/h2-8,13H,1H3. The highest BCUT2D eigenvalue weighted by atomic mass is 32.2. The molecule has 0 saturated carbocycles. The Morgan fingerprint density at radius 2 is 2.05 bits per heavy atom. The number of fused-ring (bicyclic) bond motifs is 3. The van der Waals surface area contributed by atoms with Gasteiger partial charge in [0.05, 0.1) is 17.8 Å². The van der Waals surface area contributed by atoms with Crippen LogP contribution in [0.25, 0.3) is 5.69 Å². The Hall–Kier alpha value is -2.01. The monoisotopic (exact) mass is 273 g/mol. The number of rotatable bonds is 1. The van der Waals surface area contributed by atoms with Crippen molar-refractivity contribution in [2.45, 2.75) is 10.3 Å². The van der Waals surface area contributed by atoms with Crippen LogP contribution in [0, 0.1) is 0 Å². The average Bonchev–Trinajstić information content (AvgIpc) is 2.87. The van der Waals surface area contributed by atoms with Crippen LogP contribution >= 0.6 is 11.8 Å². The van der Waals surface area contributed by atoms with Crippen molar-refractivity contribution in [3.63, 3.8) is 0 Å². The van der Waals surface area contributed by atoms with E-state index in [9.17, 15) is 9.59 Å². The van der Waals surface area contributed by atoms with Crippen LogP contribution in [-0.4, -0.2) is 28.7 Å². The van der Waals surface area contributed by atoms with Crippen LogP contribution in [0.15, 0.2) is 47.6 Å². The topological polar surface area (TPSA) is 48.3 Å². The van der Waals surface area contributed by atoms with Crippen LogP contribution in [0.4, 0.5) is 0 Å². The minimum Gasteiger partial charge on any atom is -0.468 e. The molecule has 0 fully saturated rings. The fraction of sp³-hybridized carbons (Fsp3) is 0.143. The average molecular weight is 273 g/mol. The fourth-order valence-electron chi connectivity index (χ4n) is 2.13. The lowest BCUT2D eigenvalue weighted by atomic mass is 10.1. The van der Waals surface area contributed by atoms with Crippen LogP contribution in [0.1, 0.15) is 10.4 Å². The van der Waals surface area contributed by atoms with Gasteiger partial charge in [0.15, 0.2) is 11.0 Å². The highest BCUT2D eigenvalue weighted by Crippen LogP contribution is 2.34. The predicted molar refractivity (Wildman–Crippen MR) is 71.8 cm³/mol. The number of Topliss-reactive ketones (excluding diaryl/α,β-unsaturated/α-hetero) is 1. The zero-order valence-corrected chi connectivity index (χ0v) is 11.0. The van der Waals surface area contributed by atoms with Gasteiger partial charge in [-0.25, -0.2) is 0 Å². The van der Waals surface area contributed by atoms with Gasteiger partial charge in [-0.15, -0.1) is 0 Å². The maximum atomic E-state index is 12.5. The number of ketones is 1. The zero-order chi connectivity index (χ0) is 13.4. The molecule has 0 radical (unpaired) electrons. The van der Waals surface area contributed by atoms with Crippen LogP contribution in [0.5, 0.6) is 0 Å². The summed E-state index contributed by atoms with van der Waals surface area (Å²) in [5, 5.41) is 0.0102. The van der Waals surface area contributed by atoms with Crippen molar-refractivity contribution in [3.05, 3.63) is 48.2 Å². The second kappa shape index (κ2) is 4.59. The van der Waals surface area contributed by atoms with Crippen molar-refractivity contribution >= 4 is 23.5 Å². The second-order valence-corrected chi connectivity index (χ2v) is 5.24. The van der Waals surface area contributed by atoms with Gasteiger partial charge in [-0.1, -0.05) is 23.9 Å². The molecule has 4 nitrogen and oxygen atoms in total. The summed E-state index contributed by atoms with van der Waals surface area (Å²) in [5.74, 6) is -0.726. The number of aromatic nitrogens is 1. The summed E-state index contributed by atoms with van der Waals surface area (Å²) in [6, 6.07) is 11.1. The van der Waals surface area contributed by atoms with Crippen molar-refractivity contribution < 1.29 is 14.3 Å². The second-order valence-electron chi connectivity index (χ2n) is 4.12. The largest absolute Gasteiger partial charge is 0.468 e. The Kier molecular flexibility index (Phi) is 2.91. The smallest absolute Gasteiger partial charge is 0.327 e. The van der Waals surface area contributed by atoms with E-state index in [4.69, 9.17) is 4.74 Å². The maximum absolute atomic E-state index is 12.5. The van der Waals surface area contributed by atoms with Gasteiger partial charge in [0, 0.05) is 11.8 Å². The van der Waals surface area contributed by atoms with E-state index in [0.29, 0.717) is 5.56 Å². The predicted octanol–water partition coefficient (Wildman–Crippen LogP) is 2.31. The van der Waals surface area contributed by atoms with E-state index in [1.807, 2.05) is 35.0 Å². The number of hydrogen-bond donors (Lipinski definition) is 0. The molecule has 1 unspecified atom stereocenters. The first-order valence-electron chi connectivity index (χ1n) is 5.78. The van der Waals surface area contributed by atoms with Gasteiger partial charge < -0.3 is 9.30 Å². The van der Waals surface area contributed by atoms with E-state index < -0.39 is 11.2 Å². The minimum absolute atomic E-state index is 0.212. The van der Waals surface area contributed by atoms with Crippen molar-refractivity contribution in [2.24, 2.45) is 0 Å². The highest BCUT2D eigenvalue weighted by Gasteiger charge is 2.34. The molecule has 1 aliphatic rings. The minimum atomic E-state index is -0.845. The molecule has 0 aliphatic carbocycles. The number of para-hydroxylation sites is 1. The van der Waals surface area contributed by atoms with E-state index in [2.05, 4.69) is 0 Å². The third-order valence-electron chi connectivity index (χ3n) is 3.03. The summed E-state index contributed by atoms with van der Waals surface area (Å²) in [5.41, 5.74) is 1.34. The number of methoxy groups -OCH3 is 1. The van der Waals surface area contributed by atoms with Gasteiger partial charge in [0.2, 0.25) is 0 Å². The number of nitrogens with zero attached hydrogens (tertiary/aromatic N) is 1. The van der Waals surface area contributed by atoms with Gasteiger partial charge in [-0.3, -0.25) is 9.59 Å². The first-order chi connectivity index (χ1) is 9.22. The molecule has 0 amide bonds. The Balaban J connectivity index is 2.21. The molecule has 2 heterocycles. The summed E-state index contributed by atoms with van der Waals surface area (Å²) < 4.78 is 6.65. The molecule has 19 heavy (non-hydrogen) atoms. The number of benzene rings is 1. The Bertz CT molecular complexity index is 662. The van der Waals surface area contributed by atoms with Gasteiger partial charge in [0.1, 0.15) is 0 Å². The van der Waals surface area contributed by atoms with Crippen LogP contribution < -0.4 is 0 Å². The SMILES string of the molecule is COC(=O)C1Sc2cccn2-c2ccccc2C1=O. The number of ether oxygens (including phenoxy) is 1. The summed E-state index contributed by atoms with van der Waals surface area (Å²) in [4.78, 5) is 24.3. The Labute approximate surface area is 114 Å². The van der Waals surface area contributed by atoms with Crippen molar-refractivity contribution in [2.75, 3.05) is 7.11 Å². The third-order valence-corrected chi connectivity index (χ3v) is 4.25. The summed E-state index contributed by atoms with van der Waals surface area (Å²) >= 11 is 1.22. The number of carbonyl (C=O) groups excluding carboxylic acids is 2. The van der Waals surface area contributed by atoms with E-state index >= 15 is 0 Å². The molecule has 0 bridgehead atoms. The Morgan fingerprint density at radius 1 is 1.26 bits per heavy atom. The number of hydrogen-bond acceptors (Lipinski definition) is 4. The van der Waals surface area contributed by atoms with Crippen LogP contribution in [0.2, 0.25) is 0 Å². The Morgan fingerprint density at radius 3 is 2.84 bits per heavy atom. The molecule has 0 N–H and O–H groups in total. The molecular weight excluding hydrogens is 262 g/mol. The van der Waals surface area contributed by atoms with Gasteiger partial charge in [-0.2, -0.15) is 0 Å². The molecule has 2 aromatic rings. The molecule has 0 saturated heterocycles. The molecule has 3 rings (SSSR count). The molecule has 1 aliphatic heterocycles. The number of carbonyl (C=O) groups is 2. The molecule has 0 spiro atoms. The van der Waals surface area contributed by atoms with E-state index in [-0.39, 0.29) is 5.78 Å². The fourth-order valence-corrected chi connectivity index (χ4v) is 3.23. The molecule has 96 valence electrons. The van der Waals surface area contributed by atoms with E-state index in [0.717, 1.165) is 10.7 Å². The maximum Gasteiger partial charge on any atom is 0.327 e. The number of esters is 1. The lowest BCUT2D eigenvalue weighted by Crippen LogP contribution is -2.27. The molecule has 1 aromatic carbocycles. The van der Waals surface area contributed by atoms with Crippen LogP contribution in [0.3, 0.4) is 0 Å².